The van der Waals surface area contributed by atoms with Gasteiger partial charge in [0.05, 0.1) is 14.2 Å². The highest BCUT2D eigenvalue weighted by Crippen LogP contribution is 2.21. The molecule has 0 fully saturated rings. The molecule has 82 valence electrons. The van der Waals surface area contributed by atoms with E-state index in [2.05, 4.69) is 15.9 Å². The Kier molecular flexibility index (Phi) is 4.11. The number of carbonyl (C=O) groups is 1. The maximum Gasteiger partial charge on any atom is 0.277 e. The van der Waals surface area contributed by atoms with Crippen molar-refractivity contribution in [2.75, 3.05) is 21.3 Å². The standard InChI is InChI=1S/C10H12BrNO3/c1-12(15-3)10(13)7-4-8(11)6-9(5-7)14-2/h4-6H,1-3H3. The first-order valence-electron chi connectivity index (χ1n) is 4.25. The Morgan fingerprint density at radius 1 is 1.33 bits per heavy atom. The second-order valence-corrected chi connectivity index (χ2v) is 3.78. The summed E-state index contributed by atoms with van der Waals surface area (Å²) in [6.45, 7) is 0. The minimum atomic E-state index is -0.225. The van der Waals surface area contributed by atoms with Crippen molar-refractivity contribution < 1.29 is 14.4 Å². The van der Waals surface area contributed by atoms with E-state index in [9.17, 15) is 4.79 Å². The van der Waals surface area contributed by atoms with E-state index < -0.39 is 0 Å². The number of amides is 1. The van der Waals surface area contributed by atoms with Gasteiger partial charge in [0.25, 0.3) is 5.91 Å². The first kappa shape index (κ1) is 12.0. The summed E-state index contributed by atoms with van der Waals surface area (Å²) in [5.74, 6) is 0.398. The number of halogens is 1. The molecule has 0 unspecified atom stereocenters. The predicted octanol–water partition coefficient (Wildman–Crippen LogP) is 2.09. The molecule has 0 heterocycles. The molecule has 4 nitrogen and oxygen atoms in total. The van der Waals surface area contributed by atoms with Crippen molar-refractivity contribution in [2.45, 2.75) is 0 Å². The van der Waals surface area contributed by atoms with Gasteiger partial charge in [-0.25, -0.2) is 5.06 Å². The van der Waals surface area contributed by atoms with Crippen molar-refractivity contribution in [1.82, 2.24) is 5.06 Å². The van der Waals surface area contributed by atoms with Crippen LogP contribution in [-0.4, -0.2) is 32.2 Å². The Bertz CT molecular complexity index is 368. The second kappa shape index (κ2) is 5.14. The van der Waals surface area contributed by atoms with E-state index in [1.807, 2.05) is 0 Å². The number of benzene rings is 1. The highest BCUT2D eigenvalue weighted by molar-refractivity contribution is 9.10. The lowest BCUT2D eigenvalue weighted by Gasteiger charge is -2.14. The number of hydrogen-bond donors (Lipinski definition) is 0. The maximum absolute atomic E-state index is 11.7. The third-order valence-corrected chi connectivity index (χ3v) is 2.37. The third-order valence-electron chi connectivity index (χ3n) is 1.91. The van der Waals surface area contributed by atoms with Crippen LogP contribution in [0, 0.1) is 0 Å². The van der Waals surface area contributed by atoms with E-state index in [1.165, 1.54) is 7.11 Å². The zero-order chi connectivity index (χ0) is 11.4. The summed E-state index contributed by atoms with van der Waals surface area (Å²) in [7, 11) is 4.54. The maximum atomic E-state index is 11.7. The molecule has 0 atom stereocenters. The second-order valence-electron chi connectivity index (χ2n) is 2.86. The van der Waals surface area contributed by atoms with Gasteiger partial charge < -0.3 is 4.74 Å². The van der Waals surface area contributed by atoms with E-state index in [-0.39, 0.29) is 5.91 Å². The molecule has 0 aliphatic heterocycles. The highest BCUT2D eigenvalue weighted by atomic mass is 79.9. The van der Waals surface area contributed by atoms with Gasteiger partial charge in [0.2, 0.25) is 0 Å². The lowest BCUT2D eigenvalue weighted by Crippen LogP contribution is -2.25. The summed E-state index contributed by atoms with van der Waals surface area (Å²) in [6, 6.07) is 5.15. The van der Waals surface area contributed by atoms with E-state index in [0.29, 0.717) is 11.3 Å². The molecule has 1 amide bonds. The van der Waals surface area contributed by atoms with E-state index in [0.717, 1.165) is 9.54 Å². The zero-order valence-corrected chi connectivity index (χ0v) is 10.4. The Labute approximate surface area is 96.9 Å². The monoisotopic (exact) mass is 273 g/mol. The normalized spacial score (nSPS) is 9.87. The molecule has 5 heteroatoms. The summed E-state index contributed by atoms with van der Waals surface area (Å²) in [5, 5.41) is 1.15. The largest absolute Gasteiger partial charge is 0.497 e. The number of methoxy groups -OCH3 is 1. The summed E-state index contributed by atoms with van der Waals surface area (Å²) in [6.07, 6.45) is 0. The molecule has 0 saturated heterocycles. The lowest BCUT2D eigenvalue weighted by atomic mass is 10.2. The van der Waals surface area contributed by atoms with Gasteiger partial charge in [-0.1, -0.05) is 15.9 Å². The van der Waals surface area contributed by atoms with E-state index in [1.54, 1.807) is 32.4 Å². The van der Waals surface area contributed by atoms with Gasteiger partial charge in [0.1, 0.15) is 5.75 Å². The number of hydroxylamine groups is 2. The first-order chi connectivity index (χ1) is 7.08. The molecule has 0 aliphatic rings. The van der Waals surface area contributed by atoms with Crippen LogP contribution >= 0.6 is 15.9 Å². The quantitative estimate of drug-likeness (QED) is 0.792. The van der Waals surface area contributed by atoms with Crippen molar-refractivity contribution in [3.8, 4) is 5.75 Å². The van der Waals surface area contributed by atoms with Gasteiger partial charge in [-0.15, -0.1) is 0 Å². The van der Waals surface area contributed by atoms with Gasteiger partial charge >= 0.3 is 0 Å². The number of hydrogen-bond acceptors (Lipinski definition) is 3. The topological polar surface area (TPSA) is 38.8 Å². The molecule has 15 heavy (non-hydrogen) atoms. The summed E-state index contributed by atoms with van der Waals surface area (Å²) in [5.41, 5.74) is 0.505. The lowest BCUT2D eigenvalue weighted by molar-refractivity contribution is -0.0757. The minimum Gasteiger partial charge on any atom is -0.497 e. The van der Waals surface area contributed by atoms with Gasteiger partial charge in [0.15, 0.2) is 0 Å². The molecular formula is C10H12BrNO3. The molecule has 1 rings (SSSR count). The molecule has 0 N–H and O–H groups in total. The van der Waals surface area contributed by atoms with Crippen LogP contribution in [0.4, 0.5) is 0 Å². The molecule has 1 aromatic rings. The predicted molar refractivity (Wildman–Crippen MR) is 59.8 cm³/mol. The van der Waals surface area contributed by atoms with Crippen LogP contribution in [0.5, 0.6) is 5.75 Å². The van der Waals surface area contributed by atoms with Gasteiger partial charge in [-0.3, -0.25) is 9.63 Å². The first-order valence-corrected chi connectivity index (χ1v) is 5.04. The van der Waals surface area contributed by atoms with Crippen LogP contribution in [0.3, 0.4) is 0 Å². The molecule has 0 saturated carbocycles. The van der Waals surface area contributed by atoms with Crippen LogP contribution in [0.1, 0.15) is 10.4 Å². The van der Waals surface area contributed by atoms with Crippen LogP contribution in [-0.2, 0) is 4.84 Å². The summed E-state index contributed by atoms with van der Waals surface area (Å²) in [4.78, 5) is 16.5. The fraction of sp³-hybridized carbons (Fsp3) is 0.300. The fourth-order valence-corrected chi connectivity index (χ4v) is 1.54. The van der Waals surface area contributed by atoms with Crippen molar-refractivity contribution in [3.05, 3.63) is 28.2 Å². The molecule has 0 aromatic heterocycles. The number of carbonyl (C=O) groups excluding carboxylic acids is 1. The molecule has 0 radical (unpaired) electrons. The van der Waals surface area contributed by atoms with E-state index in [4.69, 9.17) is 9.57 Å². The average molecular weight is 274 g/mol. The van der Waals surface area contributed by atoms with Gasteiger partial charge in [-0.2, -0.15) is 0 Å². The SMILES string of the molecule is COc1cc(Br)cc(C(=O)N(C)OC)c1. The zero-order valence-electron chi connectivity index (χ0n) is 8.78. The Hall–Kier alpha value is -1.07. The van der Waals surface area contributed by atoms with Crippen molar-refractivity contribution in [3.63, 3.8) is 0 Å². The van der Waals surface area contributed by atoms with Crippen LogP contribution in [0.2, 0.25) is 0 Å². The number of nitrogens with zero attached hydrogens (tertiary/aromatic N) is 1. The molecule has 0 aliphatic carbocycles. The van der Waals surface area contributed by atoms with Crippen LogP contribution in [0.25, 0.3) is 0 Å². The smallest absolute Gasteiger partial charge is 0.277 e. The van der Waals surface area contributed by atoms with Crippen molar-refractivity contribution in [2.24, 2.45) is 0 Å². The van der Waals surface area contributed by atoms with Crippen LogP contribution in [0.15, 0.2) is 22.7 Å². The van der Waals surface area contributed by atoms with Crippen LogP contribution < -0.4 is 4.74 Å². The Morgan fingerprint density at radius 2 is 2.00 bits per heavy atom. The molecular weight excluding hydrogens is 262 g/mol. The van der Waals surface area contributed by atoms with Gasteiger partial charge in [0, 0.05) is 17.1 Å². The average Bonchev–Trinajstić information content (AvgIpc) is 2.26. The fourth-order valence-electron chi connectivity index (χ4n) is 1.07. The number of rotatable bonds is 3. The number of ether oxygens (including phenoxy) is 1. The molecule has 0 bridgehead atoms. The van der Waals surface area contributed by atoms with Crippen molar-refractivity contribution in [1.29, 1.82) is 0 Å². The molecule has 1 aromatic carbocycles. The highest BCUT2D eigenvalue weighted by Gasteiger charge is 2.12. The van der Waals surface area contributed by atoms with Gasteiger partial charge in [-0.05, 0) is 18.2 Å². The Morgan fingerprint density at radius 3 is 2.53 bits per heavy atom. The van der Waals surface area contributed by atoms with Crippen molar-refractivity contribution >= 4 is 21.8 Å². The van der Waals surface area contributed by atoms with E-state index >= 15 is 0 Å². The molecule has 0 spiro atoms. The third kappa shape index (κ3) is 2.94. The Balaban J connectivity index is 3.03. The summed E-state index contributed by atoms with van der Waals surface area (Å²) >= 11 is 3.30. The minimum absolute atomic E-state index is 0.225. The summed E-state index contributed by atoms with van der Waals surface area (Å²) < 4.78 is 5.84.